The topological polar surface area (TPSA) is 450 Å². The summed E-state index contributed by atoms with van der Waals surface area (Å²) < 4.78 is 70.0. The lowest BCUT2D eigenvalue weighted by molar-refractivity contribution is -0.139. The summed E-state index contributed by atoms with van der Waals surface area (Å²) in [5.41, 5.74) is 2.15. The van der Waals surface area contributed by atoms with E-state index in [1.54, 1.807) is 60.4 Å². The minimum atomic E-state index is -4.84. The highest BCUT2D eigenvalue weighted by atomic mass is 32.2. The van der Waals surface area contributed by atoms with Crippen LogP contribution in [0, 0.1) is 13.8 Å². The molecule has 34 nitrogen and oxygen atoms in total. The number of aryl methyl sites for hydroxylation is 3. The van der Waals surface area contributed by atoms with Gasteiger partial charge in [-0.3, -0.25) is 53.0 Å². The molecule has 1 saturated heterocycles. The van der Waals surface area contributed by atoms with E-state index in [1.807, 2.05) is 16.5 Å². The van der Waals surface area contributed by atoms with E-state index in [-0.39, 0.29) is 114 Å². The zero-order chi connectivity index (χ0) is 71.7. The van der Waals surface area contributed by atoms with Gasteiger partial charge in [-0.2, -0.15) is 9.82 Å². The fraction of sp³-hybridized carbons (Fsp3) is 0.540. The number of anilines is 1. The van der Waals surface area contributed by atoms with E-state index in [1.165, 1.54) is 41.3 Å². The molecule has 3 aromatic carbocycles. The maximum atomic E-state index is 13.7. The number of sulfonamides is 1. The Bertz CT molecular complexity index is 3540. The number of hydrogen-bond donors (Lipinski definition) is 12. The van der Waals surface area contributed by atoms with Crippen molar-refractivity contribution in [1.82, 2.24) is 65.3 Å². The second-order valence-electron chi connectivity index (χ2n) is 23.3. The monoisotopic (exact) mass is 1430 g/mol. The number of ether oxygens (including phenoxy) is 4. The van der Waals surface area contributed by atoms with Crippen LogP contribution < -0.4 is 40.6 Å². The molecule has 5 aromatic rings. The summed E-state index contributed by atoms with van der Waals surface area (Å²) in [4.78, 5) is 121. The van der Waals surface area contributed by atoms with Crippen LogP contribution in [0.3, 0.4) is 0 Å². The van der Waals surface area contributed by atoms with Gasteiger partial charge >= 0.3 is 25.9 Å². The number of carbonyl (C=O) groups is 7. The van der Waals surface area contributed by atoms with Crippen LogP contribution in [-0.4, -0.2) is 271 Å². The quantitative estimate of drug-likeness (QED) is 0.0194. The lowest BCUT2D eigenvalue weighted by Crippen LogP contribution is -2.52. The molecule has 0 unspecified atom stereocenters. The molecule has 0 aliphatic carbocycles. The number of amides is 5. The smallest absolute Gasteiger partial charge is 0.494 e. The number of hydrogen-bond acceptors (Lipinski definition) is 21. The largest absolute Gasteiger partial charge is 0.524 e. The Kier molecular flexibility index (Phi) is 33.2. The van der Waals surface area contributed by atoms with Gasteiger partial charge < -0.3 is 80.2 Å². The number of carboxylic acids is 2. The van der Waals surface area contributed by atoms with Gasteiger partial charge in [0, 0.05) is 134 Å². The Morgan fingerprint density at radius 3 is 1.93 bits per heavy atom. The van der Waals surface area contributed by atoms with Crippen LogP contribution in [0.25, 0.3) is 10.9 Å². The number of nitrogens with zero attached hydrogens (tertiary/aromatic N) is 7. The maximum absolute atomic E-state index is 13.7. The fourth-order valence-corrected chi connectivity index (χ4v) is 12.6. The molecule has 0 radical (unpaired) electrons. The molecule has 546 valence electrons. The van der Waals surface area contributed by atoms with Gasteiger partial charge in [0.05, 0.1) is 62.7 Å². The Balaban J connectivity index is 0.818. The molecule has 1 aliphatic rings. The van der Waals surface area contributed by atoms with Crippen LogP contribution in [0.4, 0.5) is 10.7 Å². The van der Waals surface area contributed by atoms with Gasteiger partial charge in [0.15, 0.2) is 5.95 Å². The third kappa shape index (κ3) is 29.2. The third-order valence-electron chi connectivity index (χ3n) is 15.6. The molecule has 2 aromatic heterocycles. The van der Waals surface area contributed by atoms with Crippen molar-refractivity contribution < 1.29 is 95.1 Å². The van der Waals surface area contributed by atoms with Crippen LogP contribution >= 0.6 is 7.82 Å². The van der Waals surface area contributed by atoms with Crippen molar-refractivity contribution in [2.75, 3.05) is 150 Å². The number of H-pyrrole nitrogens is 1. The fourth-order valence-electron chi connectivity index (χ4n) is 10.6. The first kappa shape index (κ1) is 79.6. The van der Waals surface area contributed by atoms with Crippen LogP contribution in [0.15, 0.2) is 78.1 Å². The number of fused-ring (bicyclic) bond motifs is 1. The van der Waals surface area contributed by atoms with Crippen molar-refractivity contribution >= 4 is 76.4 Å². The predicted octanol–water partition coefficient (Wildman–Crippen LogP) is 1.46. The third-order valence-corrected chi connectivity index (χ3v) is 17.9. The summed E-state index contributed by atoms with van der Waals surface area (Å²) in [5, 5.41) is 48.7. The lowest BCUT2D eigenvalue weighted by atomic mass is 10.0. The number of benzene rings is 3. The highest BCUT2D eigenvalue weighted by Gasteiger charge is 2.30. The van der Waals surface area contributed by atoms with Crippen LogP contribution in [-0.2, 0) is 65.7 Å². The summed E-state index contributed by atoms with van der Waals surface area (Å²) in [7, 11) is -9.24. The van der Waals surface area contributed by atoms with E-state index in [0.717, 1.165) is 11.9 Å². The van der Waals surface area contributed by atoms with E-state index in [2.05, 4.69) is 50.9 Å². The number of carboxylic acid groups (broad SMARTS) is 3. The Morgan fingerprint density at radius 1 is 0.687 bits per heavy atom. The zero-order valence-corrected chi connectivity index (χ0v) is 57.6. The summed E-state index contributed by atoms with van der Waals surface area (Å²) in [5.74, 6) is -3.45. The number of aromatic nitrogens is 4. The number of nitrogens with one attached hydrogen (secondary N) is 7. The average Bonchev–Trinajstić information content (AvgIpc) is 1.49. The Hall–Kier alpha value is -8.35. The number of rotatable bonds is 42. The molecular weight excluding hydrogens is 1340 g/mol. The van der Waals surface area contributed by atoms with E-state index in [0.29, 0.717) is 119 Å². The van der Waals surface area contributed by atoms with Crippen LogP contribution in [0.1, 0.15) is 66.1 Å². The van der Waals surface area contributed by atoms with E-state index >= 15 is 0 Å². The summed E-state index contributed by atoms with van der Waals surface area (Å²) in [6.45, 7) is 10.7. The van der Waals surface area contributed by atoms with Crippen molar-refractivity contribution in [3.05, 3.63) is 95.4 Å². The van der Waals surface area contributed by atoms with Crippen molar-refractivity contribution in [3.8, 4) is 11.5 Å². The number of phosphoric ester groups is 1. The van der Waals surface area contributed by atoms with Gasteiger partial charge in [0.1, 0.15) is 23.6 Å². The number of aromatic amines is 1. The molecule has 0 saturated carbocycles. The molecule has 0 bridgehead atoms. The number of likely N-dealkylation sites (N-methyl/N-ethyl adjacent to an activating group) is 1. The molecule has 5 amide bonds. The minimum absolute atomic E-state index is 0.0199. The first-order valence-corrected chi connectivity index (χ1v) is 35.6. The Labute approximate surface area is 574 Å². The molecule has 36 heteroatoms. The van der Waals surface area contributed by atoms with Crippen molar-refractivity contribution in [1.29, 1.82) is 0 Å². The van der Waals surface area contributed by atoms with Gasteiger partial charge in [-0.05, 0) is 105 Å². The lowest BCUT2D eigenvalue weighted by Gasteiger charge is -2.32. The SMILES string of the molecule is CCN1CCN(CC(=O)O)CCN(CC(=O)N[C@H](Cc2ccc(OP(=O)(O)O)cc2)C(=O)NCCCOCCOCCOCCCNC(=O)CCCOc2cc(C)c(S(=O)(=O)N[C@@H](CNC(=O)c3ccc4c(cnn4CCCNc4ncc[nH]4)c3)C(=O)O)c(C)c2)CCN(C(=O)O)CC1. The Morgan fingerprint density at radius 2 is 1.31 bits per heavy atom. The number of phosphoric acid groups is 1. The van der Waals surface area contributed by atoms with Gasteiger partial charge in [0.25, 0.3) is 5.91 Å². The van der Waals surface area contributed by atoms with Crippen molar-refractivity contribution in [2.24, 2.45) is 0 Å². The normalized spacial score (nSPS) is 14.5. The van der Waals surface area contributed by atoms with Gasteiger partial charge in [-0.1, -0.05) is 19.1 Å². The predicted molar refractivity (Wildman–Crippen MR) is 361 cm³/mol. The highest BCUT2D eigenvalue weighted by molar-refractivity contribution is 7.89. The van der Waals surface area contributed by atoms with Gasteiger partial charge in [-0.15, -0.1) is 0 Å². The molecule has 1 aliphatic heterocycles. The number of aliphatic carboxylic acids is 2. The van der Waals surface area contributed by atoms with E-state index in [4.69, 9.17) is 18.9 Å². The van der Waals surface area contributed by atoms with Gasteiger partial charge in [0.2, 0.25) is 27.7 Å². The van der Waals surface area contributed by atoms with Gasteiger partial charge in [-0.25, -0.2) is 22.8 Å². The van der Waals surface area contributed by atoms with Crippen LogP contribution in [0.5, 0.6) is 11.5 Å². The first-order valence-electron chi connectivity index (χ1n) is 32.6. The molecule has 3 heterocycles. The summed E-state index contributed by atoms with van der Waals surface area (Å²) in [6, 6.07) is 10.8. The van der Waals surface area contributed by atoms with E-state index < -0.39 is 72.2 Å². The van der Waals surface area contributed by atoms with E-state index in [9.17, 15) is 71.7 Å². The van der Waals surface area contributed by atoms with Crippen LogP contribution in [0.2, 0.25) is 0 Å². The van der Waals surface area contributed by atoms with Crippen molar-refractivity contribution in [3.63, 3.8) is 0 Å². The minimum Gasteiger partial charge on any atom is -0.494 e. The molecule has 99 heavy (non-hydrogen) atoms. The highest BCUT2D eigenvalue weighted by Crippen LogP contribution is 2.37. The summed E-state index contributed by atoms with van der Waals surface area (Å²) >= 11 is 0. The first-order chi connectivity index (χ1) is 47.4. The maximum Gasteiger partial charge on any atom is 0.524 e. The van der Waals surface area contributed by atoms with Crippen molar-refractivity contribution in [2.45, 2.75) is 82.8 Å². The molecule has 12 N–H and O–H groups in total. The molecule has 1 fully saturated rings. The average molecular weight is 1430 g/mol. The second-order valence-corrected chi connectivity index (χ2v) is 26.1. The molecule has 6 rings (SSSR count). The standard InChI is InChI=1S/C63H93N14O20PS/c1-4-73-22-23-75(44-57(80)81)25-24-74(27-29-76(28-26-73)63(86)87)43-56(79)71-52(39-47-10-13-50(14-11-47)97-98(88,89)90)60(83)65-18-8-31-94-34-36-95-35-33-93-30-7-17-64-55(78)9-5-32-96-51-37-45(2)58(46(3)38-51)99(91,92)72-53(61(84)85)42-69-59(82)48-12-15-54-49(40-48)41-70-77(54)21-6-16-66-62-67-19-20-68-62/h10-15,19-20,37-38,40-41,52-53,72H,4-9,16-18,21-36,39,42-44H2,1-3H3,(H,64,78)(H,65,83)(H,69,82)(H,71,79)(H,80,81)(H,84,85)(H,86,87)(H2,66,67,68)(H2,88,89,90)/t52-,53+/m1/s1. The number of carbonyl (C=O) groups excluding carboxylic acids is 4. The molecule has 0 spiro atoms. The number of imidazole rings is 1. The summed E-state index contributed by atoms with van der Waals surface area (Å²) in [6.07, 6.45) is 6.10. The second kappa shape index (κ2) is 41.3. The molecular formula is C63H93N14O20PS. The zero-order valence-electron chi connectivity index (χ0n) is 55.9. The molecule has 2 atom stereocenters.